The van der Waals surface area contributed by atoms with Crippen LogP contribution in [0.15, 0.2) is 66.7 Å². The number of hydrogen-bond acceptors (Lipinski definition) is 3. The first-order valence-electron chi connectivity index (χ1n) is 7.80. The van der Waals surface area contributed by atoms with Crippen LogP contribution in [0.5, 0.6) is 5.75 Å². The number of hydrazine groups is 1. The zero-order valence-electron chi connectivity index (χ0n) is 14.0. The fraction of sp³-hybridized carbons (Fsp3) is 0.158. The van der Waals surface area contributed by atoms with Gasteiger partial charge in [-0.2, -0.15) is 0 Å². The number of thiocarbonyl (C=S) groups is 1. The van der Waals surface area contributed by atoms with E-state index in [-0.39, 0.29) is 12.5 Å². The minimum absolute atomic E-state index is 0.125. The van der Waals surface area contributed by atoms with Gasteiger partial charge in [-0.05, 0) is 30.8 Å². The van der Waals surface area contributed by atoms with E-state index in [9.17, 15) is 4.79 Å². The Kier molecular flexibility index (Phi) is 6.98. The molecule has 2 rings (SSSR count). The number of rotatable bonds is 6. The van der Waals surface area contributed by atoms with Gasteiger partial charge < -0.3 is 10.1 Å². The van der Waals surface area contributed by atoms with Gasteiger partial charge in [-0.25, -0.2) is 0 Å². The molecule has 0 unspecified atom stereocenters. The van der Waals surface area contributed by atoms with Crippen LogP contribution in [0.4, 0.5) is 0 Å². The number of carbonyl (C=O) groups is 1. The minimum Gasteiger partial charge on any atom is -0.483 e. The third-order valence-electron chi connectivity index (χ3n) is 3.20. The summed E-state index contributed by atoms with van der Waals surface area (Å²) in [7, 11) is 0. The van der Waals surface area contributed by atoms with Crippen LogP contribution in [0.2, 0.25) is 0 Å². The third-order valence-corrected chi connectivity index (χ3v) is 3.44. The Hall–Kier alpha value is -2.86. The smallest absolute Gasteiger partial charge is 0.276 e. The van der Waals surface area contributed by atoms with Crippen LogP contribution in [0.3, 0.4) is 0 Å². The fourth-order valence-corrected chi connectivity index (χ4v) is 2.15. The van der Waals surface area contributed by atoms with Gasteiger partial charge in [0.05, 0.1) is 0 Å². The fourth-order valence-electron chi connectivity index (χ4n) is 2.03. The summed E-state index contributed by atoms with van der Waals surface area (Å²) in [6.07, 6.45) is 0. The summed E-state index contributed by atoms with van der Waals surface area (Å²) in [4.78, 5) is 11.9. The molecule has 0 spiro atoms. The Morgan fingerprint density at radius 2 is 1.76 bits per heavy atom. The van der Waals surface area contributed by atoms with Crippen molar-refractivity contribution in [3.05, 3.63) is 66.7 Å². The second kappa shape index (κ2) is 9.44. The van der Waals surface area contributed by atoms with Gasteiger partial charge in [-0.15, -0.1) is 0 Å². The maximum atomic E-state index is 11.9. The molecule has 2 aromatic carbocycles. The van der Waals surface area contributed by atoms with Crippen LogP contribution in [0.25, 0.3) is 11.1 Å². The number of ether oxygens (including phenoxy) is 1. The van der Waals surface area contributed by atoms with Crippen molar-refractivity contribution >= 4 is 23.2 Å². The standard InChI is InChI=1S/C19H21N3O2S/c1-14(2)12-20-19(25)22-21-18(23)13-24-17-11-7-6-10-16(17)15-8-4-3-5-9-15/h3-11H,1,12-13H2,2H3,(H,21,23)(H2,20,22,25). The Balaban J connectivity index is 1.86. The average molecular weight is 355 g/mol. The van der Waals surface area contributed by atoms with E-state index < -0.39 is 0 Å². The van der Waals surface area contributed by atoms with Gasteiger partial charge >= 0.3 is 0 Å². The first-order valence-corrected chi connectivity index (χ1v) is 8.21. The summed E-state index contributed by atoms with van der Waals surface area (Å²) in [5.74, 6) is 0.314. The summed E-state index contributed by atoms with van der Waals surface area (Å²) in [6.45, 7) is 6.06. The lowest BCUT2D eigenvalue weighted by Crippen LogP contribution is -2.48. The van der Waals surface area contributed by atoms with Crippen molar-refractivity contribution in [2.24, 2.45) is 0 Å². The molecule has 3 N–H and O–H groups in total. The molecule has 1 amide bonds. The van der Waals surface area contributed by atoms with Gasteiger partial charge in [0.15, 0.2) is 11.7 Å². The lowest BCUT2D eigenvalue weighted by atomic mass is 10.1. The Bertz CT molecular complexity index is 747. The van der Waals surface area contributed by atoms with Crippen LogP contribution in [0.1, 0.15) is 6.92 Å². The van der Waals surface area contributed by atoms with E-state index in [2.05, 4.69) is 22.7 Å². The Morgan fingerprint density at radius 1 is 1.08 bits per heavy atom. The molecule has 0 aromatic heterocycles. The molecule has 0 radical (unpaired) electrons. The van der Waals surface area contributed by atoms with E-state index in [1.165, 1.54) is 0 Å². The van der Waals surface area contributed by atoms with Gasteiger partial charge in [-0.3, -0.25) is 15.6 Å². The van der Waals surface area contributed by atoms with Gasteiger partial charge in [0, 0.05) is 12.1 Å². The molecule has 0 fully saturated rings. The quantitative estimate of drug-likeness (QED) is 0.423. The third kappa shape index (κ3) is 6.27. The summed E-state index contributed by atoms with van der Waals surface area (Å²) < 4.78 is 5.65. The molecule has 0 atom stereocenters. The number of carbonyl (C=O) groups excluding carboxylic acids is 1. The van der Waals surface area contributed by atoms with E-state index in [0.29, 0.717) is 17.4 Å². The lowest BCUT2D eigenvalue weighted by Gasteiger charge is -2.13. The normalized spacial score (nSPS) is 9.80. The van der Waals surface area contributed by atoms with E-state index in [1.807, 2.05) is 61.5 Å². The molecule has 0 bridgehead atoms. The topological polar surface area (TPSA) is 62.4 Å². The molecule has 0 heterocycles. The van der Waals surface area contributed by atoms with Crippen LogP contribution in [-0.2, 0) is 4.79 Å². The number of hydrogen-bond donors (Lipinski definition) is 3. The van der Waals surface area contributed by atoms with Crippen LogP contribution >= 0.6 is 12.2 Å². The zero-order valence-corrected chi connectivity index (χ0v) is 14.9. The molecular weight excluding hydrogens is 334 g/mol. The van der Waals surface area contributed by atoms with Crippen molar-refractivity contribution in [3.8, 4) is 16.9 Å². The molecule has 0 aliphatic carbocycles. The monoisotopic (exact) mass is 355 g/mol. The van der Waals surface area contributed by atoms with Crippen LogP contribution in [-0.4, -0.2) is 24.2 Å². The maximum absolute atomic E-state index is 11.9. The Labute approximate surface area is 153 Å². The molecule has 0 saturated carbocycles. The van der Waals surface area contributed by atoms with E-state index in [0.717, 1.165) is 16.7 Å². The van der Waals surface area contributed by atoms with Crippen molar-refractivity contribution in [3.63, 3.8) is 0 Å². The highest BCUT2D eigenvalue weighted by Crippen LogP contribution is 2.29. The van der Waals surface area contributed by atoms with E-state index in [4.69, 9.17) is 17.0 Å². The van der Waals surface area contributed by atoms with Crippen molar-refractivity contribution in [1.82, 2.24) is 16.2 Å². The van der Waals surface area contributed by atoms with Crippen molar-refractivity contribution < 1.29 is 9.53 Å². The average Bonchev–Trinajstić information content (AvgIpc) is 2.64. The number of nitrogens with one attached hydrogen (secondary N) is 3. The molecule has 0 aliphatic rings. The first kappa shape index (κ1) is 18.5. The molecule has 2 aromatic rings. The summed E-state index contributed by atoms with van der Waals surface area (Å²) in [6, 6.07) is 17.5. The van der Waals surface area contributed by atoms with Crippen molar-refractivity contribution in [2.75, 3.05) is 13.2 Å². The second-order valence-electron chi connectivity index (χ2n) is 5.46. The molecule has 0 aliphatic heterocycles. The van der Waals surface area contributed by atoms with Crippen molar-refractivity contribution in [2.45, 2.75) is 6.92 Å². The highest BCUT2D eigenvalue weighted by Gasteiger charge is 2.08. The lowest BCUT2D eigenvalue weighted by molar-refractivity contribution is -0.123. The molecule has 25 heavy (non-hydrogen) atoms. The predicted molar refractivity (Wildman–Crippen MR) is 104 cm³/mol. The van der Waals surface area contributed by atoms with E-state index >= 15 is 0 Å². The van der Waals surface area contributed by atoms with Gasteiger partial charge in [0.25, 0.3) is 5.91 Å². The molecule has 0 saturated heterocycles. The van der Waals surface area contributed by atoms with Crippen LogP contribution in [0, 0.1) is 0 Å². The number of para-hydroxylation sites is 1. The second-order valence-corrected chi connectivity index (χ2v) is 5.87. The van der Waals surface area contributed by atoms with Crippen LogP contribution < -0.4 is 20.9 Å². The largest absolute Gasteiger partial charge is 0.483 e. The van der Waals surface area contributed by atoms with Gasteiger partial charge in [0.1, 0.15) is 5.75 Å². The molecule has 5 nitrogen and oxygen atoms in total. The van der Waals surface area contributed by atoms with Crippen molar-refractivity contribution in [1.29, 1.82) is 0 Å². The maximum Gasteiger partial charge on any atom is 0.276 e. The Morgan fingerprint density at radius 3 is 2.48 bits per heavy atom. The zero-order chi connectivity index (χ0) is 18.1. The SMILES string of the molecule is C=C(C)CNC(=S)NNC(=O)COc1ccccc1-c1ccccc1. The highest BCUT2D eigenvalue weighted by atomic mass is 32.1. The van der Waals surface area contributed by atoms with Gasteiger partial charge in [-0.1, -0.05) is 60.7 Å². The number of amides is 1. The summed E-state index contributed by atoms with van der Waals surface area (Å²) in [5, 5.41) is 3.23. The molecule has 6 heteroatoms. The summed E-state index contributed by atoms with van der Waals surface area (Å²) in [5.41, 5.74) is 8.01. The number of benzene rings is 2. The predicted octanol–water partition coefficient (Wildman–Crippen LogP) is 2.80. The summed E-state index contributed by atoms with van der Waals surface area (Å²) >= 11 is 5.03. The molecule has 130 valence electrons. The first-order chi connectivity index (χ1) is 12.1. The minimum atomic E-state index is -0.331. The van der Waals surface area contributed by atoms with E-state index in [1.54, 1.807) is 0 Å². The van der Waals surface area contributed by atoms with Gasteiger partial charge in [0.2, 0.25) is 0 Å². The highest BCUT2D eigenvalue weighted by molar-refractivity contribution is 7.80. The molecular formula is C19H21N3O2S.